The number of ether oxygens (including phenoxy) is 1. The van der Waals surface area contributed by atoms with Crippen molar-refractivity contribution in [2.75, 3.05) is 6.61 Å². The van der Waals surface area contributed by atoms with E-state index in [1.165, 1.54) is 0 Å². The number of amides is 1. The number of sulfonamides is 1. The van der Waals surface area contributed by atoms with Gasteiger partial charge < -0.3 is 10.1 Å². The Morgan fingerprint density at radius 3 is 2.64 bits per heavy atom. The maximum Gasteiger partial charge on any atom is 0.341 e. The number of halogens is 1. The highest BCUT2D eigenvalue weighted by atomic mass is 32.2. The summed E-state index contributed by atoms with van der Waals surface area (Å²) < 4.78 is 41.1. The van der Waals surface area contributed by atoms with Crippen molar-refractivity contribution in [2.24, 2.45) is 11.1 Å². The van der Waals surface area contributed by atoms with E-state index in [0.29, 0.717) is 5.92 Å². The molecule has 1 aromatic carbocycles. The fraction of sp³-hybridized carbons (Fsp3) is 0.500. The Hall–Kier alpha value is -2.00. The molecule has 0 unspecified atom stereocenters. The zero-order chi connectivity index (χ0) is 18.6. The number of hydrogen-bond acceptors (Lipinski definition) is 5. The van der Waals surface area contributed by atoms with Crippen LogP contribution in [0.1, 0.15) is 43.0 Å². The van der Waals surface area contributed by atoms with Crippen molar-refractivity contribution < 1.29 is 27.1 Å². The van der Waals surface area contributed by atoms with E-state index in [1.807, 2.05) is 6.92 Å². The van der Waals surface area contributed by atoms with Crippen LogP contribution in [0, 0.1) is 11.7 Å². The van der Waals surface area contributed by atoms with Gasteiger partial charge in [0.05, 0.1) is 10.5 Å². The molecule has 0 aliphatic heterocycles. The molecule has 1 aliphatic rings. The lowest BCUT2D eigenvalue weighted by Gasteiger charge is -2.29. The van der Waals surface area contributed by atoms with Crippen LogP contribution in [-0.4, -0.2) is 32.9 Å². The lowest BCUT2D eigenvalue weighted by atomic mass is 9.86. The van der Waals surface area contributed by atoms with E-state index in [1.54, 1.807) is 0 Å². The second kappa shape index (κ2) is 7.92. The Bertz CT molecular complexity index is 766. The Balaban J connectivity index is 1.97. The molecule has 0 bridgehead atoms. The summed E-state index contributed by atoms with van der Waals surface area (Å²) in [5.74, 6) is -2.22. The molecule has 0 aromatic heterocycles. The normalized spacial score (nSPS) is 20.8. The number of esters is 1. The molecule has 1 aromatic rings. The summed E-state index contributed by atoms with van der Waals surface area (Å²) in [7, 11) is -4.09. The van der Waals surface area contributed by atoms with Gasteiger partial charge in [0.1, 0.15) is 5.82 Å². The van der Waals surface area contributed by atoms with Gasteiger partial charge >= 0.3 is 5.97 Å². The summed E-state index contributed by atoms with van der Waals surface area (Å²) in [6, 6.07) is 2.56. The minimum atomic E-state index is -4.09. The maximum atomic E-state index is 13.7. The standard InChI is InChI=1S/C16H21FN2O5S/c1-10-4-2-3-5-14(10)19-15(20)9-24-16(21)12-8-11(25(18,22)23)6-7-13(12)17/h6-8,10,14H,2-5,9H2,1H3,(H,19,20)(H2,18,22,23)/t10-,14-/m1/s1. The highest BCUT2D eigenvalue weighted by molar-refractivity contribution is 7.89. The topological polar surface area (TPSA) is 116 Å². The molecular formula is C16H21FN2O5S. The first-order valence-electron chi connectivity index (χ1n) is 7.97. The first kappa shape index (κ1) is 19.3. The van der Waals surface area contributed by atoms with Gasteiger partial charge in [0.2, 0.25) is 10.0 Å². The number of rotatable bonds is 5. The van der Waals surface area contributed by atoms with Crippen LogP contribution >= 0.6 is 0 Å². The van der Waals surface area contributed by atoms with Crippen LogP contribution in [0.15, 0.2) is 23.1 Å². The minimum Gasteiger partial charge on any atom is -0.452 e. The average molecular weight is 372 g/mol. The van der Waals surface area contributed by atoms with Crippen LogP contribution in [0.25, 0.3) is 0 Å². The van der Waals surface area contributed by atoms with Crippen molar-refractivity contribution in [3.05, 3.63) is 29.6 Å². The zero-order valence-corrected chi connectivity index (χ0v) is 14.6. The Morgan fingerprint density at radius 2 is 2.00 bits per heavy atom. The number of carbonyl (C=O) groups excluding carboxylic acids is 2. The molecule has 1 amide bonds. The quantitative estimate of drug-likeness (QED) is 0.757. The molecule has 2 rings (SSSR count). The van der Waals surface area contributed by atoms with Gasteiger partial charge in [-0.3, -0.25) is 4.79 Å². The number of primary sulfonamides is 1. The van der Waals surface area contributed by atoms with Crippen molar-refractivity contribution in [3.8, 4) is 0 Å². The molecule has 1 saturated carbocycles. The smallest absolute Gasteiger partial charge is 0.341 e. The molecule has 138 valence electrons. The van der Waals surface area contributed by atoms with Crippen LogP contribution in [0.2, 0.25) is 0 Å². The molecule has 0 heterocycles. The predicted molar refractivity (Wildman–Crippen MR) is 87.6 cm³/mol. The van der Waals surface area contributed by atoms with Gasteiger partial charge in [-0.2, -0.15) is 0 Å². The summed E-state index contributed by atoms with van der Waals surface area (Å²) in [6.45, 7) is 1.48. The molecule has 1 aliphatic carbocycles. The lowest BCUT2D eigenvalue weighted by molar-refractivity contribution is -0.125. The van der Waals surface area contributed by atoms with Crippen molar-refractivity contribution in [1.29, 1.82) is 0 Å². The Labute approximate surface area is 145 Å². The number of nitrogens with two attached hydrogens (primary N) is 1. The zero-order valence-electron chi connectivity index (χ0n) is 13.8. The predicted octanol–water partition coefficient (Wildman–Crippen LogP) is 1.32. The number of nitrogens with one attached hydrogen (secondary N) is 1. The molecule has 25 heavy (non-hydrogen) atoms. The molecule has 1 fully saturated rings. The van der Waals surface area contributed by atoms with Gasteiger partial charge in [-0.25, -0.2) is 22.7 Å². The van der Waals surface area contributed by atoms with Crippen molar-refractivity contribution >= 4 is 21.9 Å². The monoisotopic (exact) mass is 372 g/mol. The highest BCUT2D eigenvalue weighted by Gasteiger charge is 2.24. The Morgan fingerprint density at radius 1 is 1.32 bits per heavy atom. The fourth-order valence-corrected chi connectivity index (χ4v) is 3.37. The first-order valence-corrected chi connectivity index (χ1v) is 9.52. The summed E-state index contributed by atoms with van der Waals surface area (Å²) >= 11 is 0. The Kier molecular flexibility index (Phi) is 6.12. The van der Waals surface area contributed by atoms with Crippen LogP contribution in [0.4, 0.5) is 4.39 Å². The number of benzene rings is 1. The SMILES string of the molecule is C[C@@H]1CCCC[C@H]1NC(=O)COC(=O)c1cc(S(N)(=O)=O)ccc1F. The third kappa shape index (κ3) is 5.23. The van der Waals surface area contributed by atoms with Gasteiger partial charge in [0, 0.05) is 6.04 Å². The number of carbonyl (C=O) groups is 2. The van der Waals surface area contributed by atoms with Crippen molar-refractivity contribution in [2.45, 2.75) is 43.5 Å². The van der Waals surface area contributed by atoms with Crippen molar-refractivity contribution in [1.82, 2.24) is 5.32 Å². The van der Waals surface area contributed by atoms with Crippen LogP contribution in [0.5, 0.6) is 0 Å². The van der Waals surface area contributed by atoms with Gasteiger partial charge in [0.25, 0.3) is 5.91 Å². The molecule has 2 atom stereocenters. The second-order valence-corrected chi connectivity index (χ2v) is 7.76. The molecule has 0 saturated heterocycles. The van der Waals surface area contributed by atoms with Crippen LogP contribution < -0.4 is 10.5 Å². The van der Waals surface area contributed by atoms with E-state index in [0.717, 1.165) is 43.9 Å². The van der Waals surface area contributed by atoms with Crippen molar-refractivity contribution in [3.63, 3.8) is 0 Å². The van der Waals surface area contributed by atoms with E-state index in [-0.39, 0.29) is 6.04 Å². The molecule has 0 radical (unpaired) electrons. The summed E-state index contributed by atoms with van der Waals surface area (Å²) in [4.78, 5) is 23.4. The van der Waals surface area contributed by atoms with E-state index in [9.17, 15) is 22.4 Å². The fourth-order valence-electron chi connectivity index (χ4n) is 2.83. The third-order valence-corrected chi connectivity index (χ3v) is 5.19. The summed E-state index contributed by atoms with van der Waals surface area (Å²) in [6.07, 6.45) is 4.05. The van der Waals surface area contributed by atoms with E-state index >= 15 is 0 Å². The largest absolute Gasteiger partial charge is 0.452 e. The average Bonchev–Trinajstić information content (AvgIpc) is 2.54. The molecule has 0 spiro atoms. The van der Waals surface area contributed by atoms with E-state index < -0.39 is 44.8 Å². The lowest BCUT2D eigenvalue weighted by Crippen LogP contribution is -2.42. The second-order valence-electron chi connectivity index (χ2n) is 6.20. The van der Waals surface area contributed by atoms with E-state index in [2.05, 4.69) is 5.32 Å². The van der Waals surface area contributed by atoms with Gasteiger partial charge in [-0.1, -0.05) is 19.8 Å². The minimum absolute atomic E-state index is 0.0300. The van der Waals surface area contributed by atoms with Gasteiger partial charge in [0.15, 0.2) is 6.61 Å². The maximum absolute atomic E-state index is 13.7. The summed E-state index contributed by atoms with van der Waals surface area (Å²) in [5, 5.41) is 7.75. The number of hydrogen-bond donors (Lipinski definition) is 2. The van der Waals surface area contributed by atoms with Crippen LogP contribution in [0.3, 0.4) is 0 Å². The first-order chi connectivity index (χ1) is 11.7. The molecule has 3 N–H and O–H groups in total. The van der Waals surface area contributed by atoms with Gasteiger partial charge in [-0.05, 0) is 37.0 Å². The summed E-state index contributed by atoms with van der Waals surface area (Å²) in [5.41, 5.74) is -0.592. The molecule has 7 nitrogen and oxygen atoms in total. The molecular weight excluding hydrogens is 351 g/mol. The van der Waals surface area contributed by atoms with Gasteiger partial charge in [-0.15, -0.1) is 0 Å². The highest BCUT2D eigenvalue weighted by Crippen LogP contribution is 2.23. The third-order valence-electron chi connectivity index (χ3n) is 4.28. The molecule has 9 heteroatoms. The van der Waals surface area contributed by atoms with E-state index in [4.69, 9.17) is 9.88 Å². The van der Waals surface area contributed by atoms with Crippen LogP contribution in [-0.2, 0) is 19.6 Å².